The molecule has 14 heavy (non-hydrogen) atoms. The minimum atomic E-state index is -0.264. The van der Waals surface area contributed by atoms with Gasteiger partial charge in [0.15, 0.2) is 0 Å². The van der Waals surface area contributed by atoms with Crippen molar-refractivity contribution >= 4 is 11.8 Å². The summed E-state index contributed by atoms with van der Waals surface area (Å²) < 4.78 is 13.3. The van der Waals surface area contributed by atoms with Gasteiger partial charge in [0, 0.05) is 10.1 Å². The van der Waals surface area contributed by atoms with E-state index >= 15 is 0 Å². The molecule has 0 heterocycles. The molecule has 0 amide bonds. The quantitative estimate of drug-likeness (QED) is 0.813. The van der Waals surface area contributed by atoms with E-state index in [1.807, 2.05) is 6.07 Å². The van der Waals surface area contributed by atoms with Crippen LogP contribution in [-0.2, 0) is 0 Å². The van der Waals surface area contributed by atoms with Crippen molar-refractivity contribution < 1.29 is 9.50 Å². The smallest absolute Gasteiger partial charge is 0.136 e. The molecule has 1 aliphatic carbocycles. The van der Waals surface area contributed by atoms with Gasteiger partial charge in [0.25, 0.3) is 0 Å². The van der Waals surface area contributed by atoms with Gasteiger partial charge < -0.3 is 5.11 Å². The first kappa shape index (κ1) is 9.99. The minimum Gasteiger partial charge on any atom is -0.392 e. The second kappa shape index (κ2) is 4.32. The molecule has 1 aromatic rings. The Hall–Kier alpha value is -0.540. The average molecular weight is 212 g/mol. The Kier molecular flexibility index (Phi) is 3.08. The first-order valence-electron chi connectivity index (χ1n) is 4.86. The maximum atomic E-state index is 13.3. The standard InChI is InChI=1S/C11H13FOS/c12-8-4-1-2-6-10(8)14-11-7-3-5-9(11)13/h1-2,4,6,9,11,13H,3,5,7H2. The third kappa shape index (κ3) is 2.10. The van der Waals surface area contributed by atoms with E-state index in [1.54, 1.807) is 12.1 Å². The Morgan fingerprint density at radius 1 is 1.29 bits per heavy atom. The molecule has 0 aromatic heterocycles. The SMILES string of the molecule is OC1CCCC1Sc1ccccc1F. The predicted molar refractivity (Wildman–Crippen MR) is 55.9 cm³/mol. The van der Waals surface area contributed by atoms with Gasteiger partial charge in [-0.2, -0.15) is 0 Å². The summed E-state index contributed by atoms with van der Waals surface area (Å²) in [6.07, 6.45) is 2.62. The maximum Gasteiger partial charge on any atom is 0.136 e. The highest BCUT2D eigenvalue weighted by molar-refractivity contribution is 8.00. The van der Waals surface area contributed by atoms with E-state index in [0.717, 1.165) is 19.3 Å². The van der Waals surface area contributed by atoms with Gasteiger partial charge in [-0.3, -0.25) is 0 Å². The molecule has 1 N–H and O–H groups in total. The Morgan fingerprint density at radius 3 is 2.71 bits per heavy atom. The highest BCUT2D eigenvalue weighted by Gasteiger charge is 2.26. The van der Waals surface area contributed by atoms with Crippen LogP contribution < -0.4 is 0 Å². The first-order valence-corrected chi connectivity index (χ1v) is 5.74. The molecule has 1 nitrogen and oxygen atoms in total. The molecular formula is C11H13FOS. The van der Waals surface area contributed by atoms with Crippen molar-refractivity contribution in [3.8, 4) is 0 Å². The Labute approximate surface area is 87.3 Å². The number of hydrogen-bond acceptors (Lipinski definition) is 2. The molecule has 3 heteroatoms. The Balaban J connectivity index is 2.07. The lowest BCUT2D eigenvalue weighted by Gasteiger charge is -2.13. The summed E-state index contributed by atoms with van der Waals surface area (Å²) in [4.78, 5) is 0.651. The van der Waals surface area contributed by atoms with Crippen LogP contribution in [-0.4, -0.2) is 16.5 Å². The minimum absolute atomic E-state index is 0.173. The van der Waals surface area contributed by atoms with Crippen LogP contribution in [0.1, 0.15) is 19.3 Å². The normalized spacial score (nSPS) is 26.7. The van der Waals surface area contributed by atoms with E-state index in [2.05, 4.69) is 0 Å². The van der Waals surface area contributed by atoms with E-state index in [4.69, 9.17) is 0 Å². The third-order valence-corrected chi connectivity index (χ3v) is 3.97. The van der Waals surface area contributed by atoms with Crippen molar-refractivity contribution in [2.24, 2.45) is 0 Å². The largest absolute Gasteiger partial charge is 0.392 e. The molecule has 1 aromatic carbocycles. The molecule has 2 rings (SSSR count). The summed E-state index contributed by atoms with van der Waals surface area (Å²) in [6, 6.07) is 6.74. The molecule has 1 saturated carbocycles. The summed E-state index contributed by atoms with van der Waals surface area (Å²) in [5, 5.41) is 9.77. The van der Waals surface area contributed by atoms with Crippen LogP contribution in [0.5, 0.6) is 0 Å². The van der Waals surface area contributed by atoms with Crippen LogP contribution in [0, 0.1) is 5.82 Å². The molecule has 76 valence electrons. The second-order valence-electron chi connectivity index (χ2n) is 3.58. The van der Waals surface area contributed by atoms with Crippen LogP contribution in [0.15, 0.2) is 29.2 Å². The fourth-order valence-electron chi connectivity index (χ4n) is 1.75. The fraction of sp³-hybridized carbons (Fsp3) is 0.455. The number of rotatable bonds is 2. The van der Waals surface area contributed by atoms with Crippen molar-refractivity contribution in [3.63, 3.8) is 0 Å². The average Bonchev–Trinajstić information content (AvgIpc) is 2.56. The Morgan fingerprint density at radius 2 is 2.07 bits per heavy atom. The molecule has 0 bridgehead atoms. The lowest BCUT2D eigenvalue weighted by molar-refractivity contribution is 0.188. The van der Waals surface area contributed by atoms with Gasteiger partial charge in [0.2, 0.25) is 0 Å². The lowest BCUT2D eigenvalue weighted by atomic mass is 10.3. The molecule has 0 spiro atoms. The molecule has 1 fully saturated rings. The van der Waals surface area contributed by atoms with Crippen LogP contribution in [0.25, 0.3) is 0 Å². The zero-order valence-corrected chi connectivity index (χ0v) is 8.64. The lowest BCUT2D eigenvalue weighted by Crippen LogP contribution is -2.15. The van der Waals surface area contributed by atoms with E-state index in [1.165, 1.54) is 17.8 Å². The zero-order valence-electron chi connectivity index (χ0n) is 7.82. The molecular weight excluding hydrogens is 199 g/mol. The van der Waals surface area contributed by atoms with Crippen molar-refractivity contribution in [3.05, 3.63) is 30.1 Å². The van der Waals surface area contributed by atoms with Crippen molar-refractivity contribution in [1.82, 2.24) is 0 Å². The van der Waals surface area contributed by atoms with E-state index in [9.17, 15) is 9.50 Å². The highest BCUT2D eigenvalue weighted by Crippen LogP contribution is 2.35. The predicted octanol–water partition coefficient (Wildman–Crippen LogP) is 2.83. The Bertz CT molecular complexity index is 316. The van der Waals surface area contributed by atoms with Crippen molar-refractivity contribution in [1.29, 1.82) is 0 Å². The van der Waals surface area contributed by atoms with Gasteiger partial charge in [-0.25, -0.2) is 4.39 Å². The van der Waals surface area contributed by atoms with E-state index in [0.29, 0.717) is 4.90 Å². The summed E-state index contributed by atoms with van der Waals surface area (Å²) >= 11 is 1.46. The number of thioether (sulfide) groups is 1. The number of halogens is 1. The highest BCUT2D eigenvalue weighted by atomic mass is 32.2. The van der Waals surface area contributed by atoms with E-state index < -0.39 is 0 Å². The summed E-state index contributed by atoms with van der Waals surface area (Å²) in [6.45, 7) is 0. The van der Waals surface area contributed by atoms with Gasteiger partial charge in [0.1, 0.15) is 5.82 Å². The summed E-state index contributed by atoms with van der Waals surface area (Å²) in [5.74, 6) is -0.184. The third-order valence-electron chi connectivity index (χ3n) is 2.53. The fourth-order valence-corrected chi connectivity index (χ4v) is 2.99. The summed E-state index contributed by atoms with van der Waals surface area (Å²) in [5.41, 5.74) is 0. The molecule has 2 atom stereocenters. The van der Waals surface area contributed by atoms with Crippen LogP contribution >= 0.6 is 11.8 Å². The molecule has 0 aliphatic heterocycles. The van der Waals surface area contributed by atoms with Gasteiger partial charge in [-0.1, -0.05) is 12.1 Å². The van der Waals surface area contributed by atoms with E-state index in [-0.39, 0.29) is 17.2 Å². The van der Waals surface area contributed by atoms with Gasteiger partial charge in [-0.05, 0) is 31.4 Å². The first-order chi connectivity index (χ1) is 6.77. The second-order valence-corrected chi connectivity index (χ2v) is 4.87. The van der Waals surface area contributed by atoms with Crippen molar-refractivity contribution in [2.45, 2.75) is 35.5 Å². The van der Waals surface area contributed by atoms with Crippen LogP contribution in [0.2, 0.25) is 0 Å². The van der Waals surface area contributed by atoms with Crippen LogP contribution in [0.4, 0.5) is 4.39 Å². The molecule has 0 saturated heterocycles. The van der Waals surface area contributed by atoms with Crippen molar-refractivity contribution in [2.75, 3.05) is 0 Å². The van der Waals surface area contributed by atoms with Gasteiger partial charge in [0.05, 0.1) is 6.10 Å². The number of hydrogen-bond donors (Lipinski definition) is 1. The molecule has 0 radical (unpaired) electrons. The maximum absolute atomic E-state index is 13.3. The molecule has 1 aliphatic rings. The zero-order chi connectivity index (χ0) is 9.97. The van der Waals surface area contributed by atoms with Gasteiger partial charge >= 0.3 is 0 Å². The van der Waals surface area contributed by atoms with Gasteiger partial charge in [-0.15, -0.1) is 11.8 Å². The number of benzene rings is 1. The van der Waals surface area contributed by atoms with Crippen LogP contribution in [0.3, 0.4) is 0 Å². The number of aliphatic hydroxyl groups is 1. The molecule has 2 unspecified atom stereocenters. The monoisotopic (exact) mass is 212 g/mol. The number of aliphatic hydroxyl groups excluding tert-OH is 1. The summed E-state index contributed by atoms with van der Waals surface area (Å²) in [7, 11) is 0. The topological polar surface area (TPSA) is 20.2 Å².